The zero-order chi connectivity index (χ0) is 23.3. The van der Waals surface area contributed by atoms with Crippen LogP contribution in [0.5, 0.6) is 5.75 Å². The van der Waals surface area contributed by atoms with E-state index in [2.05, 4.69) is 6.92 Å². The van der Waals surface area contributed by atoms with Gasteiger partial charge in [0, 0.05) is 5.56 Å². The van der Waals surface area contributed by atoms with Gasteiger partial charge in [-0.15, -0.1) is 0 Å². The van der Waals surface area contributed by atoms with Crippen LogP contribution in [0.25, 0.3) is 0 Å². The molecule has 0 saturated heterocycles. The molecule has 2 saturated carbocycles. The van der Waals surface area contributed by atoms with Gasteiger partial charge in [-0.2, -0.15) is 0 Å². The normalized spacial score (nSPS) is 31.1. The summed E-state index contributed by atoms with van der Waals surface area (Å²) in [6, 6.07) is 11.7. The number of carboxylic acid groups (broad SMARTS) is 1. The first-order valence-electron chi connectivity index (χ1n) is 11.8. The third-order valence-electron chi connectivity index (χ3n) is 8.56. The van der Waals surface area contributed by atoms with Gasteiger partial charge in [0.15, 0.2) is 0 Å². The van der Waals surface area contributed by atoms with Gasteiger partial charge in [0.2, 0.25) is 6.10 Å². The summed E-state index contributed by atoms with van der Waals surface area (Å²) in [6.07, 6.45) is 3.69. The van der Waals surface area contributed by atoms with Crippen LogP contribution in [0.2, 0.25) is 0 Å². The fourth-order valence-corrected chi connectivity index (χ4v) is 6.80. The number of phenolic OH excluding ortho intramolecular Hbond substituents is 1. The second-order valence-electron chi connectivity index (χ2n) is 10.2. The molecule has 33 heavy (non-hydrogen) atoms. The minimum absolute atomic E-state index is 0.0484. The molecule has 2 fully saturated rings. The monoisotopic (exact) mass is 450 g/mol. The van der Waals surface area contributed by atoms with Gasteiger partial charge in [0.05, 0.1) is 11.7 Å². The summed E-state index contributed by atoms with van der Waals surface area (Å²) >= 11 is 0. The first-order valence-corrected chi connectivity index (χ1v) is 11.8. The number of aliphatic carboxylic acids is 1. The number of aliphatic hydroxyl groups is 1. The Bertz CT molecular complexity index is 1080. The Morgan fingerprint density at radius 1 is 1.09 bits per heavy atom. The van der Waals surface area contributed by atoms with E-state index in [1.807, 2.05) is 0 Å². The summed E-state index contributed by atoms with van der Waals surface area (Å²) in [7, 11) is 0. The topological polar surface area (TPSA) is 104 Å². The van der Waals surface area contributed by atoms with Crippen LogP contribution in [-0.2, 0) is 16.0 Å². The molecular weight excluding hydrogens is 420 g/mol. The summed E-state index contributed by atoms with van der Waals surface area (Å²) in [5, 5.41) is 31.2. The van der Waals surface area contributed by atoms with Crippen LogP contribution in [0.1, 0.15) is 78.1 Å². The molecule has 3 N–H and O–H groups in total. The third kappa shape index (κ3) is 3.61. The Labute approximate surface area is 193 Å². The highest BCUT2D eigenvalue weighted by atomic mass is 16.6. The number of rotatable bonds is 4. The van der Waals surface area contributed by atoms with E-state index in [-0.39, 0.29) is 34.3 Å². The molecule has 6 nitrogen and oxygen atoms in total. The van der Waals surface area contributed by atoms with Crippen molar-refractivity contribution in [1.29, 1.82) is 0 Å². The lowest BCUT2D eigenvalue weighted by Gasteiger charge is -2.50. The van der Waals surface area contributed by atoms with Crippen molar-refractivity contribution >= 4 is 11.9 Å². The van der Waals surface area contributed by atoms with Crippen LogP contribution in [0.15, 0.2) is 42.5 Å². The Morgan fingerprint density at radius 2 is 1.85 bits per heavy atom. The average Bonchev–Trinajstić information content (AvgIpc) is 3.11. The molecule has 3 aliphatic carbocycles. The summed E-state index contributed by atoms with van der Waals surface area (Å²) in [6.45, 7) is 2.22. The summed E-state index contributed by atoms with van der Waals surface area (Å²) in [4.78, 5) is 24.6. The smallest absolute Gasteiger partial charge is 0.349 e. The summed E-state index contributed by atoms with van der Waals surface area (Å²) in [5.74, 6) is -1.08. The Kier molecular flexibility index (Phi) is 5.44. The molecular formula is C27H30O6. The second-order valence-corrected chi connectivity index (χ2v) is 10.2. The molecule has 5 rings (SSSR count). The van der Waals surface area contributed by atoms with E-state index in [1.54, 1.807) is 42.5 Å². The van der Waals surface area contributed by atoms with Gasteiger partial charge < -0.3 is 20.1 Å². The first-order chi connectivity index (χ1) is 15.8. The molecule has 174 valence electrons. The number of hydrogen-bond donors (Lipinski definition) is 3. The van der Waals surface area contributed by atoms with E-state index < -0.39 is 18.0 Å². The molecule has 0 heterocycles. The van der Waals surface area contributed by atoms with E-state index in [1.165, 1.54) is 0 Å². The number of aryl methyl sites for hydroxylation is 1. The molecule has 6 heteroatoms. The van der Waals surface area contributed by atoms with Crippen molar-refractivity contribution in [2.45, 2.75) is 63.6 Å². The van der Waals surface area contributed by atoms with Crippen molar-refractivity contribution in [2.24, 2.45) is 17.3 Å². The SMILES string of the molecule is C[C@]12CC[C@@H]3c4cc(C(OC(=O)c5ccccc5)C(=O)O)c(O)cc4CC[C@H]3[C@@H]1CC[C@H]2O. The van der Waals surface area contributed by atoms with Crippen LogP contribution >= 0.6 is 0 Å². The van der Waals surface area contributed by atoms with Gasteiger partial charge in [-0.05, 0) is 97.1 Å². The molecule has 3 aliphatic rings. The highest BCUT2D eigenvalue weighted by Crippen LogP contribution is 2.61. The summed E-state index contributed by atoms with van der Waals surface area (Å²) < 4.78 is 5.36. The van der Waals surface area contributed by atoms with E-state index in [9.17, 15) is 24.9 Å². The lowest BCUT2D eigenvalue weighted by Crippen LogP contribution is -2.44. The van der Waals surface area contributed by atoms with Crippen molar-refractivity contribution < 1.29 is 29.6 Å². The molecule has 0 spiro atoms. The van der Waals surface area contributed by atoms with E-state index in [0.717, 1.165) is 49.7 Å². The number of fused-ring (bicyclic) bond motifs is 5. The van der Waals surface area contributed by atoms with Crippen LogP contribution in [-0.4, -0.2) is 33.4 Å². The first kappa shape index (κ1) is 22.0. The number of ether oxygens (including phenoxy) is 1. The molecule has 1 unspecified atom stereocenters. The van der Waals surface area contributed by atoms with Crippen LogP contribution in [0.4, 0.5) is 0 Å². The van der Waals surface area contributed by atoms with Crippen molar-refractivity contribution in [3.8, 4) is 5.75 Å². The third-order valence-corrected chi connectivity index (χ3v) is 8.56. The Morgan fingerprint density at radius 3 is 2.58 bits per heavy atom. The number of esters is 1. The maximum absolute atomic E-state index is 12.6. The van der Waals surface area contributed by atoms with Gasteiger partial charge in [-0.1, -0.05) is 25.1 Å². The molecule has 0 aliphatic heterocycles. The number of aromatic hydroxyl groups is 1. The fraction of sp³-hybridized carbons (Fsp3) is 0.481. The summed E-state index contributed by atoms with van der Waals surface area (Å²) in [5.41, 5.74) is 2.43. The number of hydrogen-bond acceptors (Lipinski definition) is 5. The van der Waals surface area contributed by atoms with Gasteiger partial charge >= 0.3 is 11.9 Å². The maximum atomic E-state index is 12.6. The predicted molar refractivity (Wildman–Crippen MR) is 121 cm³/mol. The second kappa shape index (κ2) is 8.17. The van der Waals surface area contributed by atoms with Crippen LogP contribution < -0.4 is 0 Å². The van der Waals surface area contributed by atoms with Gasteiger partial charge in [-0.25, -0.2) is 9.59 Å². The molecule has 0 bridgehead atoms. The van der Waals surface area contributed by atoms with Crippen LogP contribution in [0, 0.1) is 17.3 Å². The number of carbonyl (C=O) groups is 2. The lowest BCUT2D eigenvalue weighted by atomic mass is 9.55. The largest absolute Gasteiger partial charge is 0.507 e. The van der Waals surface area contributed by atoms with Crippen LogP contribution in [0.3, 0.4) is 0 Å². The van der Waals surface area contributed by atoms with Crippen molar-refractivity contribution in [2.75, 3.05) is 0 Å². The average molecular weight is 451 g/mol. The molecule has 6 atom stereocenters. The molecule has 0 amide bonds. The standard InChI is InChI=1S/C27H30O6/c1-27-12-11-17-18(21(27)9-10-23(27)29)8-7-16-13-22(28)20(14-19(16)17)24(25(30)31)33-26(32)15-5-3-2-4-6-15/h2-6,13-14,17-18,21,23-24,28-29H,7-12H2,1H3,(H,30,31)/t17-,18+,21-,23+,24?,27-/m0/s1. The Hall–Kier alpha value is -2.86. The van der Waals surface area contributed by atoms with E-state index in [4.69, 9.17) is 4.74 Å². The molecule has 2 aromatic carbocycles. The molecule has 0 radical (unpaired) electrons. The number of carbonyl (C=O) groups excluding carboxylic acids is 1. The highest BCUT2D eigenvalue weighted by Gasteiger charge is 2.54. The minimum atomic E-state index is -1.59. The zero-order valence-electron chi connectivity index (χ0n) is 18.7. The number of carboxylic acids is 1. The van der Waals surface area contributed by atoms with E-state index >= 15 is 0 Å². The number of phenols is 1. The number of benzene rings is 2. The van der Waals surface area contributed by atoms with Crippen molar-refractivity contribution in [1.82, 2.24) is 0 Å². The van der Waals surface area contributed by atoms with Crippen molar-refractivity contribution in [3.05, 3.63) is 64.7 Å². The quantitative estimate of drug-likeness (QED) is 0.589. The zero-order valence-corrected chi connectivity index (χ0v) is 18.7. The van der Waals surface area contributed by atoms with Gasteiger partial charge in [0.1, 0.15) is 5.75 Å². The lowest BCUT2D eigenvalue weighted by molar-refractivity contribution is -0.147. The van der Waals surface area contributed by atoms with Gasteiger partial charge in [0.25, 0.3) is 0 Å². The maximum Gasteiger partial charge on any atom is 0.349 e. The number of aliphatic hydroxyl groups excluding tert-OH is 1. The minimum Gasteiger partial charge on any atom is -0.507 e. The molecule has 0 aromatic heterocycles. The van der Waals surface area contributed by atoms with E-state index in [0.29, 0.717) is 11.8 Å². The fourth-order valence-electron chi connectivity index (χ4n) is 6.80. The van der Waals surface area contributed by atoms with Gasteiger partial charge in [-0.3, -0.25) is 0 Å². The predicted octanol–water partition coefficient (Wildman–Crippen LogP) is 4.59. The molecule has 2 aromatic rings. The highest BCUT2D eigenvalue weighted by molar-refractivity contribution is 5.91. The van der Waals surface area contributed by atoms with Crippen molar-refractivity contribution in [3.63, 3.8) is 0 Å². The Balaban J connectivity index is 1.48.